The average molecular weight is 126 g/mol. The molecule has 0 aromatic heterocycles. The van der Waals surface area contributed by atoms with Gasteiger partial charge in [-0.05, 0) is 18.8 Å². The van der Waals surface area contributed by atoms with Crippen LogP contribution in [-0.4, -0.2) is 12.3 Å². The molecule has 1 aliphatic rings. The van der Waals surface area contributed by atoms with Crippen molar-refractivity contribution in [1.29, 1.82) is 0 Å². The maximum absolute atomic E-state index is 10.0. The smallest absolute Gasteiger partial charge is 0.216 e. The van der Waals surface area contributed by atoms with Crippen LogP contribution in [0.1, 0.15) is 25.7 Å². The van der Waals surface area contributed by atoms with Gasteiger partial charge in [0.1, 0.15) is 0 Å². The molecule has 2 N–H and O–H groups in total. The third-order valence-electron chi connectivity index (χ3n) is 2.04. The first kappa shape index (κ1) is 6.75. The van der Waals surface area contributed by atoms with Crippen LogP contribution in [-0.2, 0) is 4.79 Å². The van der Waals surface area contributed by atoms with Gasteiger partial charge >= 0.3 is 0 Å². The van der Waals surface area contributed by atoms with Crippen LogP contribution in [0.4, 0.5) is 0 Å². The Morgan fingerprint density at radius 1 is 1.44 bits per heavy atom. The van der Waals surface area contributed by atoms with E-state index in [4.69, 9.17) is 5.73 Å². The first-order valence-electron chi connectivity index (χ1n) is 3.48. The molecule has 0 bridgehead atoms. The summed E-state index contributed by atoms with van der Waals surface area (Å²) >= 11 is 0. The van der Waals surface area contributed by atoms with Gasteiger partial charge in [-0.1, -0.05) is 12.8 Å². The molecule has 0 heterocycles. The molecule has 0 aliphatic heterocycles. The molecule has 2 nitrogen and oxygen atoms in total. The zero-order valence-electron chi connectivity index (χ0n) is 5.47. The van der Waals surface area contributed by atoms with E-state index in [1.54, 1.807) is 0 Å². The first-order valence-corrected chi connectivity index (χ1v) is 3.48. The lowest BCUT2D eigenvalue weighted by Crippen LogP contribution is -2.29. The summed E-state index contributed by atoms with van der Waals surface area (Å²) in [4.78, 5) is 10.0. The third-order valence-corrected chi connectivity index (χ3v) is 2.04. The van der Waals surface area contributed by atoms with Gasteiger partial charge in [0.05, 0.1) is 6.04 Å². The monoisotopic (exact) mass is 126 g/mol. The van der Waals surface area contributed by atoms with Gasteiger partial charge in [0.15, 0.2) is 0 Å². The van der Waals surface area contributed by atoms with Crippen molar-refractivity contribution in [2.45, 2.75) is 31.7 Å². The van der Waals surface area contributed by atoms with Crippen LogP contribution in [0.25, 0.3) is 0 Å². The fraction of sp³-hybridized carbons (Fsp3) is 0.857. The van der Waals surface area contributed by atoms with Gasteiger partial charge < -0.3 is 5.73 Å². The zero-order chi connectivity index (χ0) is 6.69. The van der Waals surface area contributed by atoms with Crippen molar-refractivity contribution >= 4 is 6.29 Å². The highest BCUT2D eigenvalue weighted by Gasteiger charge is 2.21. The largest absolute Gasteiger partial charge is 0.321 e. The second-order valence-electron chi connectivity index (χ2n) is 2.69. The Morgan fingerprint density at radius 3 is 2.44 bits per heavy atom. The lowest BCUT2D eigenvalue weighted by molar-refractivity contribution is 0.469. The van der Waals surface area contributed by atoms with E-state index in [1.807, 2.05) is 6.29 Å². The average Bonchev–Trinajstić information content (AvgIpc) is 2.37. The number of hydrogen-bond donors (Lipinski definition) is 1. The maximum atomic E-state index is 10.0. The van der Waals surface area contributed by atoms with Crippen LogP contribution in [0.3, 0.4) is 0 Å². The Labute approximate surface area is 55.4 Å². The fourth-order valence-corrected chi connectivity index (χ4v) is 1.41. The molecule has 0 aromatic rings. The molecule has 0 saturated heterocycles. The number of nitrogens with two attached hydrogens (primary N) is 1. The van der Waals surface area contributed by atoms with Gasteiger partial charge in [-0.25, -0.2) is 0 Å². The van der Waals surface area contributed by atoms with Gasteiger partial charge in [-0.3, -0.25) is 4.79 Å². The van der Waals surface area contributed by atoms with E-state index in [0.29, 0.717) is 5.92 Å². The van der Waals surface area contributed by atoms with Crippen molar-refractivity contribution < 1.29 is 4.79 Å². The molecular weight excluding hydrogens is 114 g/mol. The highest BCUT2D eigenvalue weighted by Crippen LogP contribution is 2.25. The molecule has 0 spiro atoms. The maximum Gasteiger partial charge on any atom is 0.216 e. The number of hydrogen-bond acceptors (Lipinski definition) is 2. The predicted molar refractivity (Wildman–Crippen MR) is 35.6 cm³/mol. The molecule has 1 rings (SSSR count). The van der Waals surface area contributed by atoms with Crippen molar-refractivity contribution in [3.8, 4) is 0 Å². The quantitative estimate of drug-likeness (QED) is 0.589. The zero-order valence-corrected chi connectivity index (χ0v) is 5.47. The summed E-state index contributed by atoms with van der Waals surface area (Å²) in [6.07, 6.45) is 6.55. The molecule has 2 heteroatoms. The summed E-state index contributed by atoms with van der Waals surface area (Å²) in [5, 5.41) is 0. The van der Waals surface area contributed by atoms with Crippen molar-refractivity contribution in [2.24, 2.45) is 11.7 Å². The van der Waals surface area contributed by atoms with E-state index >= 15 is 0 Å². The van der Waals surface area contributed by atoms with Crippen LogP contribution >= 0.6 is 0 Å². The van der Waals surface area contributed by atoms with E-state index in [1.165, 1.54) is 12.8 Å². The minimum atomic E-state index is -0.313. The molecule has 0 aromatic carbocycles. The van der Waals surface area contributed by atoms with E-state index in [-0.39, 0.29) is 6.04 Å². The fourth-order valence-electron chi connectivity index (χ4n) is 1.41. The first-order chi connectivity index (χ1) is 4.34. The molecule has 1 saturated carbocycles. The molecule has 9 heavy (non-hydrogen) atoms. The minimum Gasteiger partial charge on any atom is -0.321 e. The van der Waals surface area contributed by atoms with Gasteiger partial charge in [-0.2, -0.15) is 0 Å². The summed E-state index contributed by atoms with van der Waals surface area (Å²) in [6, 6.07) is -0.313. The van der Waals surface area contributed by atoms with Crippen molar-refractivity contribution in [1.82, 2.24) is 0 Å². The summed E-state index contributed by atoms with van der Waals surface area (Å²) in [6.45, 7) is 0. The molecule has 1 radical (unpaired) electrons. The van der Waals surface area contributed by atoms with E-state index < -0.39 is 0 Å². The highest BCUT2D eigenvalue weighted by atomic mass is 16.1. The van der Waals surface area contributed by atoms with Crippen molar-refractivity contribution in [2.75, 3.05) is 0 Å². The topological polar surface area (TPSA) is 43.1 Å². The number of rotatable bonds is 2. The summed E-state index contributed by atoms with van der Waals surface area (Å²) in [5.41, 5.74) is 5.45. The highest BCUT2D eigenvalue weighted by molar-refractivity contribution is 5.58. The normalized spacial score (nSPS) is 24.1. The van der Waals surface area contributed by atoms with Crippen LogP contribution < -0.4 is 5.73 Å². The molecule has 1 unspecified atom stereocenters. The SMILES string of the molecule is NC([C]=O)C1CCCC1. The van der Waals surface area contributed by atoms with Crippen molar-refractivity contribution in [3.63, 3.8) is 0 Å². The molecule has 0 amide bonds. The Bertz CT molecular complexity index is 97.1. The van der Waals surface area contributed by atoms with Gasteiger partial charge in [0, 0.05) is 0 Å². The third kappa shape index (κ3) is 1.52. The molecule has 1 fully saturated rings. The lowest BCUT2D eigenvalue weighted by Gasteiger charge is -2.09. The number of carbonyl (C=O) groups excluding carboxylic acids is 1. The van der Waals surface area contributed by atoms with Crippen LogP contribution in [0.5, 0.6) is 0 Å². The summed E-state index contributed by atoms with van der Waals surface area (Å²) in [7, 11) is 0. The Kier molecular flexibility index (Phi) is 2.22. The van der Waals surface area contributed by atoms with Gasteiger partial charge in [-0.15, -0.1) is 0 Å². The van der Waals surface area contributed by atoms with Gasteiger partial charge in [0.25, 0.3) is 0 Å². The van der Waals surface area contributed by atoms with Crippen LogP contribution in [0.15, 0.2) is 0 Å². The van der Waals surface area contributed by atoms with Crippen LogP contribution in [0, 0.1) is 5.92 Å². The van der Waals surface area contributed by atoms with E-state index in [2.05, 4.69) is 0 Å². The van der Waals surface area contributed by atoms with E-state index in [9.17, 15) is 4.79 Å². The van der Waals surface area contributed by atoms with Crippen LogP contribution in [0.2, 0.25) is 0 Å². The molecule has 1 atom stereocenters. The molecule has 51 valence electrons. The Hall–Kier alpha value is -0.370. The Balaban J connectivity index is 2.32. The second kappa shape index (κ2) is 2.97. The Morgan fingerprint density at radius 2 is 2.00 bits per heavy atom. The molecule has 1 aliphatic carbocycles. The van der Waals surface area contributed by atoms with Crippen molar-refractivity contribution in [3.05, 3.63) is 0 Å². The predicted octanol–water partition coefficient (Wildman–Crippen LogP) is 0.614. The standard InChI is InChI=1S/C7H12NO/c8-7(5-9)6-3-1-2-4-6/h6-7H,1-4,8H2. The molecular formula is C7H12NO. The summed E-state index contributed by atoms with van der Waals surface area (Å²) in [5.74, 6) is 0.433. The minimum absolute atomic E-state index is 0.313. The van der Waals surface area contributed by atoms with Gasteiger partial charge in [0.2, 0.25) is 6.29 Å². The second-order valence-corrected chi connectivity index (χ2v) is 2.69. The summed E-state index contributed by atoms with van der Waals surface area (Å²) < 4.78 is 0. The lowest BCUT2D eigenvalue weighted by atomic mass is 10.0. The van der Waals surface area contributed by atoms with E-state index in [0.717, 1.165) is 12.8 Å².